The summed E-state index contributed by atoms with van der Waals surface area (Å²) in [7, 11) is 2.83. The van der Waals surface area contributed by atoms with Gasteiger partial charge in [0.1, 0.15) is 0 Å². The lowest BCUT2D eigenvalue weighted by Gasteiger charge is -2.05. The molecule has 0 saturated heterocycles. The molecule has 0 amide bonds. The smallest absolute Gasteiger partial charge is 0.0271 e. The van der Waals surface area contributed by atoms with Crippen LogP contribution in [0.15, 0.2) is 24.3 Å². The molecule has 1 aromatic rings. The minimum absolute atomic E-state index is 0. The number of rotatable bonds is 8. The van der Waals surface area contributed by atoms with E-state index in [0.29, 0.717) is 0 Å². The Balaban J connectivity index is 0.00000256. The van der Waals surface area contributed by atoms with Gasteiger partial charge in [-0.15, -0.1) is 9.24 Å². The Hall–Kier alpha value is 0.0800. The molecule has 0 aromatic heterocycles. The summed E-state index contributed by atoms with van der Waals surface area (Å²) in [6, 6.07) is 8.68. The van der Waals surface area contributed by atoms with Crippen LogP contribution in [0.1, 0.15) is 57.4 Å². The van der Waals surface area contributed by atoms with Crippen LogP contribution in [-0.2, 0) is 6.42 Å². The van der Waals surface area contributed by atoms with Gasteiger partial charge in [0, 0.05) is 0 Å². The van der Waals surface area contributed by atoms with Crippen molar-refractivity contribution in [3.8, 4) is 0 Å². The molecule has 1 rings (SSSR count). The van der Waals surface area contributed by atoms with E-state index in [1.165, 1.54) is 62.2 Å². The summed E-state index contributed by atoms with van der Waals surface area (Å²) in [6.07, 6.45) is 11.0. The molecule has 0 radical (unpaired) electrons. The topological polar surface area (TPSA) is 0 Å². The third kappa shape index (κ3) is 7.91. The minimum atomic E-state index is 0. The zero-order chi connectivity index (χ0) is 11.6. The van der Waals surface area contributed by atoms with Gasteiger partial charge in [-0.1, -0.05) is 69.7 Å². The molecule has 2 atom stereocenters. The van der Waals surface area contributed by atoms with Crippen molar-refractivity contribution in [2.45, 2.75) is 58.3 Å². The Labute approximate surface area is 113 Å². The van der Waals surface area contributed by atoms with Gasteiger partial charge in [-0.3, -0.25) is 0 Å². The van der Waals surface area contributed by atoms with E-state index in [4.69, 9.17) is 0 Å². The van der Waals surface area contributed by atoms with E-state index in [9.17, 15) is 0 Å². The largest absolute Gasteiger partial charge is 0.153 e. The summed E-state index contributed by atoms with van der Waals surface area (Å²) in [5.41, 5.74) is 1.50. The molecule has 0 aliphatic carbocycles. The number of hydrogen-bond acceptors (Lipinski definition) is 0. The van der Waals surface area contributed by atoms with Crippen molar-refractivity contribution < 1.29 is 0 Å². The van der Waals surface area contributed by atoms with E-state index in [-0.39, 0.29) is 9.90 Å². The fraction of sp³-hybridized carbons (Fsp3) is 0.600. The highest BCUT2D eigenvalue weighted by atomic mass is 31.0. The van der Waals surface area contributed by atoms with Crippen molar-refractivity contribution in [1.29, 1.82) is 0 Å². The van der Waals surface area contributed by atoms with Crippen LogP contribution in [0.4, 0.5) is 0 Å². The Bertz CT molecular complexity index is 284. The molecule has 98 valence electrons. The van der Waals surface area contributed by atoms with E-state index in [2.05, 4.69) is 40.4 Å². The number of hydrogen-bond donors (Lipinski definition) is 0. The maximum Gasteiger partial charge on any atom is -0.0271 e. The van der Waals surface area contributed by atoms with Gasteiger partial charge in [0.05, 0.1) is 0 Å². The van der Waals surface area contributed by atoms with E-state index >= 15 is 0 Å². The molecule has 0 aliphatic rings. The second-order valence-electron chi connectivity index (χ2n) is 4.57. The standard InChI is InChI=1S/C15H25P.H3P/c1-2-3-4-5-6-7-8-11-14-12-9-10-13-15(14)16;/h9-10,12-13H,2-8,11,16H2,1H3;1H3. The van der Waals surface area contributed by atoms with Crippen LogP contribution >= 0.6 is 19.1 Å². The van der Waals surface area contributed by atoms with Crippen LogP contribution in [0.25, 0.3) is 0 Å². The average molecular weight is 270 g/mol. The normalized spacial score (nSPS) is 10.0. The fourth-order valence-corrected chi connectivity index (χ4v) is 2.39. The predicted octanol–water partition coefficient (Wildman–Crippen LogP) is 4.54. The molecule has 0 fully saturated rings. The second kappa shape index (κ2) is 11.2. The first kappa shape index (κ1) is 17.1. The first-order valence-corrected chi connectivity index (χ1v) is 7.25. The van der Waals surface area contributed by atoms with Crippen LogP contribution in [0.5, 0.6) is 0 Å². The SMILES string of the molecule is CCCCCCCCCc1ccccc1P.P. The molecule has 2 unspecified atom stereocenters. The van der Waals surface area contributed by atoms with Gasteiger partial charge in [-0.05, 0) is 23.7 Å². The molecule has 0 nitrogen and oxygen atoms in total. The molecule has 0 heterocycles. The van der Waals surface area contributed by atoms with Crippen molar-refractivity contribution in [3.05, 3.63) is 29.8 Å². The Morgan fingerprint density at radius 2 is 1.47 bits per heavy atom. The lowest BCUT2D eigenvalue weighted by molar-refractivity contribution is 0.589. The number of aryl methyl sites for hydroxylation is 1. The third-order valence-corrected chi connectivity index (χ3v) is 3.67. The van der Waals surface area contributed by atoms with Crippen LogP contribution in [0.2, 0.25) is 0 Å². The van der Waals surface area contributed by atoms with Crippen molar-refractivity contribution in [2.24, 2.45) is 0 Å². The Morgan fingerprint density at radius 3 is 2.12 bits per heavy atom. The van der Waals surface area contributed by atoms with Gasteiger partial charge < -0.3 is 0 Å². The molecule has 1 aromatic carbocycles. The first-order chi connectivity index (χ1) is 7.84. The van der Waals surface area contributed by atoms with Crippen LogP contribution < -0.4 is 5.30 Å². The summed E-state index contributed by atoms with van der Waals surface area (Å²) in [5, 5.41) is 1.37. The van der Waals surface area contributed by atoms with Crippen molar-refractivity contribution in [2.75, 3.05) is 0 Å². The van der Waals surface area contributed by atoms with Gasteiger partial charge in [-0.25, -0.2) is 0 Å². The van der Waals surface area contributed by atoms with Gasteiger partial charge in [-0.2, -0.15) is 9.90 Å². The van der Waals surface area contributed by atoms with Gasteiger partial charge in [0.2, 0.25) is 0 Å². The van der Waals surface area contributed by atoms with E-state index < -0.39 is 0 Å². The zero-order valence-electron chi connectivity index (χ0n) is 11.3. The lowest BCUT2D eigenvalue weighted by Crippen LogP contribution is -2.00. The Morgan fingerprint density at radius 1 is 0.882 bits per heavy atom. The average Bonchev–Trinajstić information content (AvgIpc) is 2.30. The maximum atomic E-state index is 2.83. The summed E-state index contributed by atoms with van der Waals surface area (Å²) < 4.78 is 0. The maximum absolute atomic E-state index is 2.83. The molecule has 0 bridgehead atoms. The van der Waals surface area contributed by atoms with Crippen molar-refractivity contribution in [3.63, 3.8) is 0 Å². The van der Waals surface area contributed by atoms with Crippen molar-refractivity contribution in [1.82, 2.24) is 0 Å². The van der Waals surface area contributed by atoms with E-state index in [1.54, 1.807) is 0 Å². The molecular weight excluding hydrogens is 242 g/mol. The number of unbranched alkanes of at least 4 members (excludes halogenated alkanes) is 6. The monoisotopic (exact) mass is 270 g/mol. The summed E-state index contributed by atoms with van der Waals surface area (Å²) in [6.45, 7) is 2.27. The third-order valence-electron chi connectivity index (χ3n) is 3.10. The van der Waals surface area contributed by atoms with E-state index in [1.807, 2.05) is 0 Å². The van der Waals surface area contributed by atoms with Gasteiger partial charge in [0.15, 0.2) is 0 Å². The second-order valence-corrected chi connectivity index (χ2v) is 5.19. The molecule has 0 spiro atoms. The van der Waals surface area contributed by atoms with E-state index in [0.717, 1.165) is 0 Å². The van der Waals surface area contributed by atoms with Gasteiger partial charge in [0.25, 0.3) is 0 Å². The van der Waals surface area contributed by atoms with Crippen LogP contribution in [-0.4, -0.2) is 0 Å². The summed E-state index contributed by atoms with van der Waals surface area (Å²) >= 11 is 0. The number of benzene rings is 1. The molecule has 0 N–H and O–H groups in total. The highest BCUT2D eigenvalue weighted by Crippen LogP contribution is 2.10. The first-order valence-electron chi connectivity index (χ1n) is 6.68. The lowest BCUT2D eigenvalue weighted by atomic mass is 10.0. The molecular formula is C15H28P2. The highest BCUT2D eigenvalue weighted by molar-refractivity contribution is 7.27. The van der Waals surface area contributed by atoms with Crippen LogP contribution in [0.3, 0.4) is 0 Å². The molecule has 2 heteroatoms. The molecule has 0 saturated carbocycles. The molecule has 17 heavy (non-hydrogen) atoms. The summed E-state index contributed by atoms with van der Waals surface area (Å²) in [5.74, 6) is 0. The van der Waals surface area contributed by atoms with Gasteiger partial charge >= 0.3 is 0 Å². The fourth-order valence-electron chi connectivity index (χ4n) is 2.03. The highest BCUT2D eigenvalue weighted by Gasteiger charge is 1.97. The summed E-state index contributed by atoms with van der Waals surface area (Å²) in [4.78, 5) is 0. The quantitative estimate of drug-likeness (QED) is 0.480. The predicted molar refractivity (Wildman–Crippen MR) is 88.6 cm³/mol. The molecule has 0 aliphatic heterocycles. The van der Waals surface area contributed by atoms with Crippen molar-refractivity contribution >= 4 is 24.4 Å². The van der Waals surface area contributed by atoms with Crippen LogP contribution in [0, 0.1) is 0 Å². The zero-order valence-corrected chi connectivity index (χ0v) is 13.8. The minimum Gasteiger partial charge on any atom is -0.153 e. The Kier molecular flexibility index (Phi) is 11.2.